The van der Waals surface area contributed by atoms with Crippen molar-refractivity contribution in [1.82, 2.24) is 0 Å². The summed E-state index contributed by atoms with van der Waals surface area (Å²) in [4.78, 5) is 10.4. The van der Waals surface area contributed by atoms with Gasteiger partial charge < -0.3 is 10.1 Å². The van der Waals surface area contributed by atoms with E-state index in [-0.39, 0.29) is 11.5 Å². The van der Waals surface area contributed by atoms with Crippen LogP contribution < -0.4 is 10.1 Å². The van der Waals surface area contributed by atoms with E-state index < -0.39 is 4.92 Å². The van der Waals surface area contributed by atoms with Crippen molar-refractivity contribution in [3.05, 3.63) is 62.4 Å². The maximum Gasteiger partial charge on any atom is 0.273 e. The van der Waals surface area contributed by atoms with Crippen LogP contribution >= 0.6 is 15.9 Å². The molecule has 0 saturated heterocycles. The van der Waals surface area contributed by atoms with Crippen LogP contribution in [0.25, 0.3) is 0 Å². The Balaban J connectivity index is 2.19. The molecule has 0 heterocycles. The Morgan fingerprint density at radius 1 is 1.33 bits per heavy atom. The fourth-order valence-electron chi connectivity index (χ4n) is 1.80. The minimum Gasteiger partial charge on any atom is -0.496 e. The second kappa shape index (κ2) is 6.53. The molecular weight excluding hydrogens is 343 g/mol. The third kappa shape index (κ3) is 3.91. The van der Waals surface area contributed by atoms with Crippen LogP contribution in [-0.2, 0) is 6.54 Å². The molecular formula is C14H12BrFN2O3. The molecule has 21 heavy (non-hydrogen) atoms. The molecule has 0 aromatic heterocycles. The van der Waals surface area contributed by atoms with Crippen molar-refractivity contribution < 1.29 is 14.1 Å². The summed E-state index contributed by atoms with van der Waals surface area (Å²) in [5.41, 5.74) is 1.35. The van der Waals surface area contributed by atoms with Gasteiger partial charge in [-0.25, -0.2) is 4.39 Å². The molecule has 0 aliphatic carbocycles. The second-order valence-corrected chi connectivity index (χ2v) is 5.13. The summed E-state index contributed by atoms with van der Waals surface area (Å²) in [6.45, 7) is 0.349. The molecule has 2 aromatic carbocycles. The first-order valence-corrected chi connectivity index (χ1v) is 6.80. The third-order valence-electron chi connectivity index (χ3n) is 2.81. The normalized spacial score (nSPS) is 10.2. The van der Waals surface area contributed by atoms with Gasteiger partial charge >= 0.3 is 0 Å². The molecule has 2 rings (SSSR count). The summed E-state index contributed by atoms with van der Waals surface area (Å²) in [7, 11) is 1.45. The third-order valence-corrected chi connectivity index (χ3v) is 3.47. The summed E-state index contributed by atoms with van der Waals surface area (Å²) >= 11 is 3.25. The molecule has 0 unspecified atom stereocenters. The van der Waals surface area contributed by atoms with E-state index in [1.807, 2.05) is 0 Å². The molecule has 2 aromatic rings. The van der Waals surface area contributed by atoms with Crippen molar-refractivity contribution in [3.63, 3.8) is 0 Å². The fourth-order valence-corrected chi connectivity index (χ4v) is 2.29. The fraction of sp³-hybridized carbons (Fsp3) is 0.143. The summed E-state index contributed by atoms with van der Waals surface area (Å²) in [5, 5.41) is 13.9. The van der Waals surface area contributed by atoms with Gasteiger partial charge in [0.1, 0.15) is 11.6 Å². The summed E-state index contributed by atoms with van der Waals surface area (Å²) < 4.78 is 18.6. The lowest BCUT2D eigenvalue weighted by Crippen LogP contribution is -2.02. The average Bonchev–Trinajstić information content (AvgIpc) is 2.46. The zero-order valence-electron chi connectivity index (χ0n) is 11.1. The SMILES string of the molecule is COc1cc(CNc2ccc(F)cc2Br)cc([N+](=O)[O-])c1. The van der Waals surface area contributed by atoms with E-state index >= 15 is 0 Å². The second-order valence-electron chi connectivity index (χ2n) is 4.27. The van der Waals surface area contributed by atoms with Crippen molar-refractivity contribution in [3.8, 4) is 5.75 Å². The van der Waals surface area contributed by atoms with Gasteiger partial charge in [0.2, 0.25) is 0 Å². The molecule has 0 bridgehead atoms. The summed E-state index contributed by atoms with van der Waals surface area (Å²) in [6.07, 6.45) is 0. The van der Waals surface area contributed by atoms with Gasteiger partial charge in [-0.05, 0) is 45.8 Å². The van der Waals surface area contributed by atoms with Crippen LogP contribution in [0, 0.1) is 15.9 Å². The van der Waals surface area contributed by atoms with Gasteiger partial charge in [-0.3, -0.25) is 10.1 Å². The maximum atomic E-state index is 13.0. The van der Waals surface area contributed by atoms with E-state index in [2.05, 4.69) is 21.2 Å². The van der Waals surface area contributed by atoms with Crippen LogP contribution in [0.1, 0.15) is 5.56 Å². The number of methoxy groups -OCH3 is 1. The standard InChI is InChI=1S/C14H12BrFN2O3/c1-21-12-5-9(4-11(7-12)18(19)20)8-17-14-3-2-10(16)6-13(14)15/h2-7,17H,8H2,1H3. The highest BCUT2D eigenvalue weighted by molar-refractivity contribution is 9.10. The van der Waals surface area contributed by atoms with Gasteiger partial charge in [-0.2, -0.15) is 0 Å². The van der Waals surface area contributed by atoms with Crippen LogP contribution in [0.5, 0.6) is 5.75 Å². The van der Waals surface area contributed by atoms with Gasteiger partial charge in [0.15, 0.2) is 0 Å². The highest BCUT2D eigenvalue weighted by Crippen LogP contribution is 2.26. The number of hydrogen-bond acceptors (Lipinski definition) is 4. The van der Waals surface area contributed by atoms with Gasteiger partial charge in [0.05, 0.1) is 18.1 Å². The molecule has 110 valence electrons. The van der Waals surface area contributed by atoms with Crippen LogP contribution in [0.3, 0.4) is 0 Å². The first-order chi connectivity index (χ1) is 9.99. The van der Waals surface area contributed by atoms with Crippen molar-refractivity contribution in [2.75, 3.05) is 12.4 Å². The van der Waals surface area contributed by atoms with Crippen LogP contribution in [0.2, 0.25) is 0 Å². The van der Waals surface area contributed by atoms with E-state index in [0.29, 0.717) is 28.0 Å². The van der Waals surface area contributed by atoms with E-state index in [0.717, 1.165) is 0 Å². The Morgan fingerprint density at radius 2 is 2.10 bits per heavy atom. The van der Waals surface area contributed by atoms with E-state index in [1.165, 1.54) is 31.4 Å². The quantitative estimate of drug-likeness (QED) is 0.647. The molecule has 0 spiro atoms. The summed E-state index contributed by atoms with van der Waals surface area (Å²) in [5.74, 6) is 0.0728. The number of nitrogens with zero attached hydrogens (tertiary/aromatic N) is 1. The molecule has 0 aliphatic heterocycles. The van der Waals surface area contributed by atoms with Gasteiger partial charge in [0, 0.05) is 22.8 Å². The number of anilines is 1. The predicted octanol–water partition coefficient (Wildman–Crippen LogP) is 4.12. The first-order valence-electron chi connectivity index (χ1n) is 6.01. The Bertz CT molecular complexity index is 679. The monoisotopic (exact) mass is 354 g/mol. The van der Waals surface area contributed by atoms with Gasteiger partial charge in [-0.1, -0.05) is 0 Å². The zero-order chi connectivity index (χ0) is 15.4. The smallest absolute Gasteiger partial charge is 0.273 e. The Morgan fingerprint density at radius 3 is 2.71 bits per heavy atom. The molecule has 7 heteroatoms. The largest absolute Gasteiger partial charge is 0.496 e. The van der Waals surface area contributed by atoms with Crippen molar-refractivity contribution in [2.24, 2.45) is 0 Å². The van der Waals surface area contributed by atoms with E-state index in [9.17, 15) is 14.5 Å². The average molecular weight is 355 g/mol. The minimum absolute atomic E-state index is 0.0377. The molecule has 0 amide bonds. The van der Waals surface area contributed by atoms with Crippen LogP contribution in [-0.4, -0.2) is 12.0 Å². The molecule has 0 radical (unpaired) electrons. The highest BCUT2D eigenvalue weighted by Gasteiger charge is 2.10. The zero-order valence-corrected chi connectivity index (χ0v) is 12.7. The highest BCUT2D eigenvalue weighted by atomic mass is 79.9. The Hall–Kier alpha value is -2.15. The minimum atomic E-state index is -0.472. The molecule has 0 atom stereocenters. The van der Waals surface area contributed by atoms with Gasteiger partial charge in [0.25, 0.3) is 5.69 Å². The lowest BCUT2D eigenvalue weighted by atomic mass is 10.2. The molecule has 1 N–H and O–H groups in total. The number of halogens is 2. The summed E-state index contributed by atoms with van der Waals surface area (Å²) in [6, 6.07) is 8.80. The van der Waals surface area contributed by atoms with Crippen molar-refractivity contribution >= 4 is 27.3 Å². The van der Waals surface area contributed by atoms with Crippen LogP contribution in [0.15, 0.2) is 40.9 Å². The Kier molecular flexibility index (Phi) is 4.74. The number of hydrogen-bond donors (Lipinski definition) is 1. The number of rotatable bonds is 5. The number of non-ortho nitro benzene ring substituents is 1. The molecule has 0 fully saturated rings. The number of ether oxygens (including phenoxy) is 1. The molecule has 0 aliphatic rings. The number of nitro groups is 1. The lowest BCUT2D eigenvalue weighted by molar-refractivity contribution is -0.385. The van der Waals surface area contributed by atoms with Crippen LogP contribution in [0.4, 0.5) is 15.8 Å². The van der Waals surface area contributed by atoms with Crippen molar-refractivity contribution in [2.45, 2.75) is 6.54 Å². The maximum absolute atomic E-state index is 13.0. The lowest BCUT2D eigenvalue weighted by Gasteiger charge is -2.10. The van der Waals surface area contributed by atoms with Crippen molar-refractivity contribution in [1.29, 1.82) is 0 Å². The topological polar surface area (TPSA) is 64.4 Å². The molecule has 5 nitrogen and oxygen atoms in total. The van der Waals surface area contributed by atoms with E-state index in [1.54, 1.807) is 12.1 Å². The van der Waals surface area contributed by atoms with E-state index in [4.69, 9.17) is 4.74 Å². The molecule has 0 saturated carbocycles. The Labute approximate surface area is 129 Å². The predicted molar refractivity (Wildman–Crippen MR) is 81.1 cm³/mol. The van der Waals surface area contributed by atoms with Gasteiger partial charge in [-0.15, -0.1) is 0 Å². The first kappa shape index (κ1) is 15.2. The number of nitro benzene ring substituents is 1. The number of benzene rings is 2. The number of nitrogens with one attached hydrogen (secondary N) is 1.